The lowest BCUT2D eigenvalue weighted by Gasteiger charge is -2.16. The summed E-state index contributed by atoms with van der Waals surface area (Å²) in [5.41, 5.74) is 12.9. The predicted octanol–water partition coefficient (Wildman–Crippen LogP) is 4.33. The van der Waals surface area contributed by atoms with E-state index in [2.05, 4.69) is 74.0 Å². The van der Waals surface area contributed by atoms with E-state index in [1.54, 1.807) is 0 Å². The van der Waals surface area contributed by atoms with E-state index in [0.717, 1.165) is 12.8 Å². The number of aromatic nitrogens is 1. The van der Waals surface area contributed by atoms with Crippen molar-refractivity contribution in [1.82, 2.24) is 4.57 Å². The van der Waals surface area contributed by atoms with Gasteiger partial charge in [0.2, 0.25) is 0 Å². The lowest BCUT2D eigenvalue weighted by Crippen LogP contribution is -2.16. The maximum absolute atomic E-state index is 6.17. The van der Waals surface area contributed by atoms with Crippen LogP contribution in [0.2, 0.25) is 0 Å². The van der Waals surface area contributed by atoms with E-state index in [9.17, 15) is 0 Å². The Balaban J connectivity index is 1.99. The van der Waals surface area contributed by atoms with Crippen molar-refractivity contribution in [2.24, 2.45) is 12.8 Å². The third-order valence-electron chi connectivity index (χ3n) is 5.05. The molecule has 2 nitrogen and oxygen atoms in total. The van der Waals surface area contributed by atoms with E-state index in [0.29, 0.717) is 12.5 Å². The van der Waals surface area contributed by atoms with Gasteiger partial charge in [0.15, 0.2) is 0 Å². The molecule has 0 amide bonds. The van der Waals surface area contributed by atoms with Gasteiger partial charge >= 0.3 is 0 Å². The van der Waals surface area contributed by atoms with Gasteiger partial charge < -0.3 is 10.3 Å². The Kier molecular flexibility index (Phi) is 4.53. The van der Waals surface area contributed by atoms with Crippen molar-refractivity contribution in [3.05, 3.63) is 70.9 Å². The molecule has 2 heteroatoms. The van der Waals surface area contributed by atoms with Gasteiger partial charge in [-0.25, -0.2) is 0 Å². The molecule has 3 aromatic rings. The van der Waals surface area contributed by atoms with Crippen LogP contribution in [0, 0.1) is 6.92 Å². The fourth-order valence-electron chi connectivity index (χ4n) is 3.56. The number of para-hydroxylation sites is 1. The number of benzene rings is 2. The molecule has 0 saturated heterocycles. The van der Waals surface area contributed by atoms with Crippen LogP contribution in [-0.2, 0) is 19.9 Å². The summed E-state index contributed by atoms with van der Waals surface area (Å²) in [7, 11) is 2.14. The third-order valence-corrected chi connectivity index (χ3v) is 5.05. The molecule has 0 radical (unpaired) electrons. The van der Waals surface area contributed by atoms with Crippen LogP contribution in [0.4, 0.5) is 0 Å². The number of nitrogens with two attached hydrogens (primary N) is 1. The summed E-state index contributed by atoms with van der Waals surface area (Å²) in [5, 5.41) is 1.34. The zero-order valence-corrected chi connectivity index (χ0v) is 14.3. The molecule has 2 aromatic carbocycles. The monoisotopic (exact) mass is 306 g/mol. The largest absolute Gasteiger partial charge is 0.348 e. The molecule has 0 saturated carbocycles. The third kappa shape index (κ3) is 2.91. The van der Waals surface area contributed by atoms with Crippen molar-refractivity contribution >= 4 is 10.9 Å². The molecule has 0 aliphatic heterocycles. The van der Waals surface area contributed by atoms with Gasteiger partial charge in [0.25, 0.3) is 0 Å². The van der Waals surface area contributed by atoms with Crippen LogP contribution in [-0.4, -0.2) is 11.1 Å². The number of hydrogen-bond donors (Lipinski definition) is 1. The smallest absolute Gasteiger partial charge is 0.0482 e. The first-order valence-electron chi connectivity index (χ1n) is 8.47. The van der Waals surface area contributed by atoms with Crippen molar-refractivity contribution in [3.8, 4) is 0 Å². The minimum absolute atomic E-state index is 0.355. The van der Waals surface area contributed by atoms with Crippen LogP contribution in [0.15, 0.2) is 48.5 Å². The van der Waals surface area contributed by atoms with Gasteiger partial charge in [0.05, 0.1) is 0 Å². The minimum atomic E-state index is 0.355. The molecule has 0 bridgehead atoms. The highest BCUT2D eigenvalue weighted by molar-refractivity contribution is 5.86. The van der Waals surface area contributed by atoms with Crippen LogP contribution >= 0.6 is 0 Å². The summed E-state index contributed by atoms with van der Waals surface area (Å²) in [4.78, 5) is 0. The molecule has 1 aromatic heterocycles. The van der Waals surface area contributed by atoms with Gasteiger partial charge in [0.1, 0.15) is 0 Å². The Morgan fingerprint density at radius 3 is 2.30 bits per heavy atom. The number of aryl methyl sites for hydroxylation is 2. The van der Waals surface area contributed by atoms with Crippen LogP contribution in [0.3, 0.4) is 0 Å². The molecule has 0 aliphatic rings. The quantitative estimate of drug-likeness (QED) is 0.747. The predicted molar refractivity (Wildman–Crippen MR) is 99.0 cm³/mol. The molecular weight excluding hydrogens is 280 g/mol. The highest BCUT2D eigenvalue weighted by atomic mass is 14.9. The Bertz CT molecular complexity index is 797. The standard InChI is InChI=1S/C21H26N2/c1-4-16-9-11-17(12-10-16)13-18(14-22)21-15(2)23(3)20-8-6-5-7-19(20)21/h5-12,18H,4,13-14,22H2,1-3H3. The van der Waals surface area contributed by atoms with Crippen LogP contribution in [0.5, 0.6) is 0 Å². The van der Waals surface area contributed by atoms with Crippen LogP contribution < -0.4 is 5.73 Å². The molecule has 1 unspecified atom stereocenters. The molecule has 120 valence electrons. The summed E-state index contributed by atoms with van der Waals surface area (Å²) in [6.07, 6.45) is 2.08. The number of rotatable bonds is 5. The lowest BCUT2D eigenvalue weighted by molar-refractivity contribution is 0.688. The van der Waals surface area contributed by atoms with E-state index in [-0.39, 0.29) is 0 Å². The zero-order chi connectivity index (χ0) is 16.4. The van der Waals surface area contributed by atoms with Gasteiger partial charge in [0, 0.05) is 29.6 Å². The normalized spacial score (nSPS) is 12.7. The topological polar surface area (TPSA) is 30.9 Å². The molecule has 0 spiro atoms. The Labute approximate surface area is 138 Å². The van der Waals surface area contributed by atoms with E-state index >= 15 is 0 Å². The maximum Gasteiger partial charge on any atom is 0.0482 e. The summed E-state index contributed by atoms with van der Waals surface area (Å²) in [5.74, 6) is 0.355. The second kappa shape index (κ2) is 6.59. The number of nitrogens with zero attached hydrogens (tertiary/aromatic N) is 1. The Morgan fingerprint density at radius 1 is 1.00 bits per heavy atom. The maximum atomic E-state index is 6.17. The van der Waals surface area contributed by atoms with Gasteiger partial charge in [-0.15, -0.1) is 0 Å². The number of fused-ring (bicyclic) bond motifs is 1. The van der Waals surface area contributed by atoms with E-state index in [4.69, 9.17) is 5.73 Å². The molecule has 0 fully saturated rings. The van der Waals surface area contributed by atoms with Crippen LogP contribution in [0.1, 0.15) is 35.2 Å². The summed E-state index contributed by atoms with van der Waals surface area (Å²) in [6, 6.07) is 17.6. The lowest BCUT2D eigenvalue weighted by atomic mass is 9.89. The molecule has 1 heterocycles. The van der Waals surface area contributed by atoms with Gasteiger partial charge in [-0.05, 0) is 49.1 Å². The van der Waals surface area contributed by atoms with Gasteiger partial charge in [-0.2, -0.15) is 0 Å². The van der Waals surface area contributed by atoms with Crippen molar-refractivity contribution in [3.63, 3.8) is 0 Å². The first kappa shape index (κ1) is 15.8. The SMILES string of the molecule is CCc1ccc(CC(CN)c2c(C)n(C)c3ccccc23)cc1. The van der Waals surface area contributed by atoms with E-state index in [1.807, 2.05) is 0 Å². The second-order valence-electron chi connectivity index (χ2n) is 6.38. The first-order valence-corrected chi connectivity index (χ1v) is 8.47. The van der Waals surface area contributed by atoms with Gasteiger partial charge in [-0.3, -0.25) is 0 Å². The molecule has 2 N–H and O–H groups in total. The summed E-state index contributed by atoms with van der Waals surface area (Å²) < 4.78 is 2.29. The molecule has 0 aliphatic carbocycles. The van der Waals surface area contributed by atoms with E-state index < -0.39 is 0 Å². The van der Waals surface area contributed by atoms with Crippen molar-refractivity contribution in [2.75, 3.05) is 6.54 Å². The summed E-state index contributed by atoms with van der Waals surface area (Å²) >= 11 is 0. The van der Waals surface area contributed by atoms with Crippen molar-refractivity contribution in [2.45, 2.75) is 32.6 Å². The van der Waals surface area contributed by atoms with E-state index in [1.165, 1.54) is 33.3 Å². The van der Waals surface area contributed by atoms with Crippen molar-refractivity contribution in [1.29, 1.82) is 0 Å². The zero-order valence-electron chi connectivity index (χ0n) is 14.3. The second-order valence-corrected chi connectivity index (χ2v) is 6.38. The molecule has 23 heavy (non-hydrogen) atoms. The fraction of sp³-hybridized carbons (Fsp3) is 0.333. The highest BCUT2D eigenvalue weighted by Crippen LogP contribution is 2.32. The average molecular weight is 306 g/mol. The average Bonchev–Trinajstić information content (AvgIpc) is 2.85. The first-order chi connectivity index (χ1) is 11.2. The van der Waals surface area contributed by atoms with Crippen LogP contribution in [0.25, 0.3) is 10.9 Å². The Morgan fingerprint density at radius 2 is 1.65 bits per heavy atom. The minimum Gasteiger partial charge on any atom is -0.348 e. The molecule has 3 rings (SSSR count). The van der Waals surface area contributed by atoms with Gasteiger partial charge in [-0.1, -0.05) is 49.4 Å². The molecular formula is C21H26N2. The molecule has 1 atom stereocenters. The Hall–Kier alpha value is -2.06. The summed E-state index contributed by atoms with van der Waals surface area (Å²) in [6.45, 7) is 5.07. The number of hydrogen-bond acceptors (Lipinski definition) is 1. The highest BCUT2D eigenvalue weighted by Gasteiger charge is 2.20. The fourth-order valence-corrected chi connectivity index (χ4v) is 3.56. The van der Waals surface area contributed by atoms with Crippen molar-refractivity contribution < 1.29 is 0 Å².